The minimum atomic E-state index is -1.03. The summed E-state index contributed by atoms with van der Waals surface area (Å²) >= 11 is 3.31. The minimum Gasteiger partial charge on any atom is -0.422 e. The second-order valence-electron chi connectivity index (χ2n) is 6.10. The standard InChI is InChI=1S/C22H15BrFN3O4/c23-16-6-11-19(31-22(30)14-4-2-1-3-5-14)15(12-16)13-25-27-21(29)20(28)26-18-9-7-17(24)8-10-18/h1-13H,(H,26,28)(H,27,29)/b25-13-. The average Bonchev–Trinajstić information content (AvgIpc) is 2.77. The molecule has 0 heterocycles. The monoisotopic (exact) mass is 483 g/mol. The molecule has 3 rings (SSSR count). The topological polar surface area (TPSA) is 96.9 Å². The van der Waals surface area contributed by atoms with Gasteiger partial charge in [0.05, 0.1) is 11.8 Å². The Morgan fingerprint density at radius 3 is 2.35 bits per heavy atom. The lowest BCUT2D eigenvalue weighted by atomic mass is 10.2. The van der Waals surface area contributed by atoms with E-state index in [1.807, 2.05) is 0 Å². The quantitative estimate of drug-likeness (QED) is 0.189. The van der Waals surface area contributed by atoms with Crippen LogP contribution in [0, 0.1) is 5.82 Å². The molecule has 0 spiro atoms. The number of hydrazone groups is 1. The zero-order valence-corrected chi connectivity index (χ0v) is 17.4. The molecule has 0 atom stereocenters. The molecule has 0 aliphatic heterocycles. The van der Waals surface area contributed by atoms with E-state index in [0.29, 0.717) is 15.6 Å². The van der Waals surface area contributed by atoms with Gasteiger partial charge in [0.15, 0.2) is 0 Å². The first-order valence-corrected chi connectivity index (χ1v) is 9.68. The predicted octanol–water partition coefficient (Wildman–Crippen LogP) is 3.90. The molecule has 0 aromatic heterocycles. The lowest BCUT2D eigenvalue weighted by molar-refractivity contribution is -0.136. The van der Waals surface area contributed by atoms with Crippen LogP contribution >= 0.6 is 15.9 Å². The highest BCUT2D eigenvalue weighted by atomic mass is 79.9. The van der Waals surface area contributed by atoms with Crippen LogP contribution in [0.3, 0.4) is 0 Å². The van der Waals surface area contributed by atoms with Gasteiger partial charge in [-0.1, -0.05) is 34.1 Å². The first-order valence-electron chi connectivity index (χ1n) is 8.89. The molecule has 156 valence electrons. The molecule has 3 aromatic carbocycles. The number of ether oxygens (including phenoxy) is 1. The molecule has 3 aromatic rings. The highest BCUT2D eigenvalue weighted by molar-refractivity contribution is 9.10. The largest absolute Gasteiger partial charge is 0.422 e. The summed E-state index contributed by atoms with van der Waals surface area (Å²) in [5.74, 6) is -2.82. The maximum Gasteiger partial charge on any atom is 0.343 e. The first-order chi connectivity index (χ1) is 14.9. The molecule has 0 fully saturated rings. The second-order valence-corrected chi connectivity index (χ2v) is 7.01. The molecule has 0 saturated carbocycles. The van der Waals surface area contributed by atoms with E-state index in [2.05, 4.69) is 31.8 Å². The van der Waals surface area contributed by atoms with Crippen molar-refractivity contribution in [2.24, 2.45) is 5.10 Å². The Morgan fingerprint density at radius 1 is 0.935 bits per heavy atom. The van der Waals surface area contributed by atoms with Crippen molar-refractivity contribution in [1.82, 2.24) is 5.43 Å². The van der Waals surface area contributed by atoms with Crippen LogP contribution in [0.15, 0.2) is 82.4 Å². The number of nitrogens with one attached hydrogen (secondary N) is 2. The van der Waals surface area contributed by atoms with E-state index in [4.69, 9.17) is 4.74 Å². The van der Waals surface area contributed by atoms with Gasteiger partial charge in [0.25, 0.3) is 0 Å². The third-order valence-corrected chi connectivity index (χ3v) is 4.36. The van der Waals surface area contributed by atoms with Crippen LogP contribution < -0.4 is 15.5 Å². The highest BCUT2D eigenvalue weighted by Crippen LogP contribution is 2.23. The molecule has 0 aliphatic rings. The van der Waals surface area contributed by atoms with Gasteiger partial charge in [0.1, 0.15) is 11.6 Å². The Balaban J connectivity index is 1.65. The summed E-state index contributed by atoms with van der Waals surface area (Å²) in [6.45, 7) is 0. The van der Waals surface area contributed by atoms with Crippen molar-refractivity contribution < 1.29 is 23.5 Å². The van der Waals surface area contributed by atoms with Gasteiger partial charge in [0.2, 0.25) is 0 Å². The van der Waals surface area contributed by atoms with Crippen molar-refractivity contribution in [2.45, 2.75) is 0 Å². The fraction of sp³-hybridized carbons (Fsp3) is 0. The van der Waals surface area contributed by atoms with Gasteiger partial charge in [-0.15, -0.1) is 0 Å². The van der Waals surface area contributed by atoms with Crippen molar-refractivity contribution in [3.05, 3.63) is 94.2 Å². The van der Waals surface area contributed by atoms with Crippen LogP contribution in [-0.4, -0.2) is 24.0 Å². The van der Waals surface area contributed by atoms with E-state index in [1.165, 1.54) is 18.3 Å². The summed E-state index contributed by atoms with van der Waals surface area (Å²) in [7, 11) is 0. The molecule has 0 bridgehead atoms. The summed E-state index contributed by atoms with van der Waals surface area (Å²) in [5, 5.41) is 6.06. The number of hydrogen-bond donors (Lipinski definition) is 2. The number of esters is 1. The molecule has 2 N–H and O–H groups in total. The van der Waals surface area contributed by atoms with E-state index >= 15 is 0 Å². The molecular weight excluding hydrogens is 469 g/mol. The molecule has 0 unspecified atom stereocenters. The van der Waals surface area contributed by atoms with E-state index < -0.39 is 23.6 Å². The lowest BCUT2D eigenvalue weighted by Gasteiger charge is -2.08. The molecule has 0 saturated heterocycles. The number of anilines is 1. The Morgan fingerprint density at radius 2 is 1.65 bits per heavy atom. The van der Waals surface area contributed by atoms with Gasteiger partial charge in [-0.05, 0) is 54.6 Å². The number of halogens is 2. The van der Waals surface area contributed by atoms with Crippen molar-refractivity contribution in [3.8, 4) is 5.75 Å². The molecule has 7 nitrogen and oxygen atoms in total. The number of carbonyl (C=O) groups is 3. The van der Waals surface area contributed by atoms with Gasteiger partial charge < -0.3 is 10.1 Å². The lowest BCUT2D eigenvalue weighted by Crippen LogP contribution is -2.32. The maximum absolute atomic E-state index is 12.9. The maximum atomic E-state index is 12.9. The second kappa shape index (κ2) is 10.3. The smallest absolute Gasteiger partial charge is 0.343 e. The third-order valence-electron chi connectivity index (χ3n) is 3.86. The van der Waals surface area contributed by atoms with E-state index in [9.17, 15) is 18.8 Å². The summed E-state index contributed by atoms with van der Waals surface area (Å²) in [5.41, 5.74) is 3.10. The van der Waals surface area contributed by atoms with E-state index in [-0.39, 0.29) is 11.4 Å². The van der Waals surface area contributed by atoms with Crippen LogP contribution in [0.4, 0.5) is 10.1 Å². The van der Waals surface area contributed by atoms with Crippen LogP contribution in [-0.2, 0) is 9.59 Å². The Kier molecular flexibility index (Phi) is 7.23. The zero-order chi connectivity index (χ0) is 22.2. The summed E-state index contributed by atoms with van der Waals surface area (Å²) in [6, 6.07) is 18.3. The van der Waals surface area contributed by atoms with Gasteiger partial charge in [-0.3, -0.25) is 9.59 Å². The van der Waals surface area contributed by atoms with Gasteiger partial charge >= 0.3 is 17.8 Å². The fourth-order valence-electron chi connectivity index (χ4n) is 2.38. The number of amides is 2. The summed E-state index contributed by atoms with van der Waals surface area (Å²) in [6.07, 6.45) is 1.24. The molecule has 0 radical (unpaired) electrons. The SMILES string of the molecule is O=C(N/N=C\c1cc(Br)ccc1OC(=O)c1ccccc1)C(=O)Nc1ccc(F)cc1. The predicted molar refractivity (Wildman–Crippen MR) is 116 cm³/mol. The minimum absolute atomic E-state index is 0.214. The molecule has 9 heteroatoms. The number of hydrogen-bond acceptors (Lipinski definition) is 5. The molecule has 31 heavy (non-hydrogen) atoms. The van der Waals surface area contributed by atoms with Crippen LogP contribution in [0.1, 0.15) is 15.9 Å². The van der Waals surface area contributed by atoms with Gasteiger partial charge in [0, 0.05) is 15.7 Å². The normalized spacial score (nSPS) is 10.5. The van der Waals surface area contributed by atoms with Gasteiger partial charge in [-0.25, -0.2) is 14.6 Å². The van der Waals surface area contributed by atoms with Crippen molar-refractivity contribution in [3.63, 3.8) is 0 Å². The number of carbonyl (C=O) groups excluding carboxylic acids is 3. The Hall–Kier alpha value is -3.85. The highest BCUT2D eigenvalue weighted by Gasteiger charge is 2.14. The van der Waals surface area contributed by atoms with Crippen LogP contribution in [0.5, 0.6) is 5.75 Å². The third kappa shape index (κ3) is 6.31. The van der Waals surface area contributed by atoms with E-state index in [0.717, 1.165) is 12.1 Å². The molecule has 2 amide bonds. The van der Waals surface area contributed by atoms with Crippen molar-refractivity contribution >= 4 is 45.6 Å². The van der Waals surface area contributed by atoms with Gasteiger partial charge in [-0.2, -0.15) is 5.10 Å². The Bertz CT molecular complexity index is 1140. The average molecular weight is 484 g/mol. The first kappa shape index (κ1) is 21.8. The summed E-state index contributed by atoms with van der Waals surface area (Å²) < 4.78 is 19.0. The number of nitrogens with zero attached hydrogens (tertiary/aromatic N) is 1. The summed E-state index contributed by atoms with van der Waals surface area (Å²) in [4.78, 5) is 36.1. The fourth-order valence-corrected chi connectivity index (χ4v) is 2.76. The van der Waals surface area contributed by atoms with Crippen molar-refractivity contribution in [2.75, 3.05) is 5.32 Å². The number of rotatable bonds is 5. The van der Waals surface area contributed by atoms with Crippen LogP contribution in [0.2, 0.25) is 0 Å². The number of benzene rings is 3. The Labute approximate surface area is 185 Å². The van der Waals surface area contributed by atoms with E-state index in [1.54, 1.807) is 48.5 Å². The molecular formula is C22H15BrFN3O4. The van der Waals surface area contributed by atoms with Crippen molar-refractivity contribution in [1.29, 1.82) is 0 Å². The molecule has 0 aliphatic carbocycles. The van der Waals surface area contributed by atoms with Crippen LogP contribution in [0.25, 0.3) is 0 Å². The zero-order valence-electron chi connectivity index (χ0n) is 15.8.